The number of hydrogen-bond donors (Lipinski definition) is 0. The van der Waals surface area contributed by atoms with Gasteiger partial charge >= 0.3 is 5.97 Å². The number of halogens is 1. The Kier molecular flexibility index (Phi) is 6.88. The van der Waals surface area contributed by atoms with E-state index in [4.69, 9.17) is 9.47 Å². The molecule has 0 unspecified atom stereocenters. The van der Waals surface area contributed by atoms with E-state index in [0.29, 0.717) is 17.9 Å². The van der Waals surface area contributed by atoms with Gasteiger partial charge in [0.2, 0.25) is 10.0 Å². The van der Waals surface area contributed by atoms with Crippen LogP contribution in [-0.4, -0.2) is 30.2 Å². The van der Waals surface area contributed by atoms with Gasteiger partial charge in [0.05, 0.1) is 23.8 Å². The molecular formula is C22H24BrNO5S. The van der Waals surface area contributed by atoms with Crippen LogP contribution in [0, 0.1) is 0 Å². The summed E-state index contributed by atoms with van der Waals surface area (Å²) in [5.74, 6) is 0.279. The molecule has 3 rings (SSSR count). The maximum Gasteiger partial charge on any atom is 0.310 e. The van der Waals surface area contributed by atoms with Gasteiger partial charge in [-0.25, -0.2) is 12.4 Å². The molecule has 3 aromatic rings. The van der Waals surface area contributed by atoms with Gasteiger partial charge in [-0.05, 0) is 50.6 Å². The lowest BCUT2D eigenvalue weighted by atomic mass is 10.1. The topological polar surface area (TPSA) is 74.6 Å². The van der Waals surface area contributed by atoms with Crippen LogP contribution in [0.2, 0.25) is 0 Å². The maximum absolute atomic E-state index is 12.7. The second-order valence-electron chi connectivity index (χ2n) is 7.09. The normalized spacial score (nSPS) is 11.8. The SMILES string of the molecule is CCOC(=O)Cc1ccccc1OCc1cc(Br)c2ccn(S(=O)(=O)C(C)C)c2c1. The van der Waals surface area contributed by atoms with Crippen LogP contribution < -0.4 is 4.74 Å². The van der Waals surface area contributed by atoms with Gasteiger partial charge in [0.15, 0.2) is 0 Å². The molecule has 0 saturated heterocycles. The lowest BCUT2D eigenvalue weighted by Gasteiger charge is -2.13. The molecule has 0 aliphatic rings. The molecule has 0 fully saturated rings. The van der Waals surface area contributed by atoms with Crippen LogP contribution in [0.1, 0.15) is 31.9 Å². The smallest absolute Gasteiger partial charge is 0.310 e. The summed E-state index contributed by atoms with van der Waals surface area (Å²) in [5, 5.41) is 0.271. The van der Waals surface area contributed by atoms with Crippen LogP contribution in [0.25, 0.3) is 10.9 Å². The standard InChI is InChI=1S/C22H24BrNO5S/c1-4-28-22(25)13-17-7-5-6-8-21(17)29-14-16-11-19(23)18-9-10-24(20(18)12-16)30(26,27)15(2)3/h5-12,15H,4,13-14H2,1-3H3. The zero-order chi connectivity index (χ0) is 21.9. The molecule has 0 aliphatic carbocycles. The second-order valence-corrected chi connectivity index (χ2v) is 10.3. The van der Waals surface area contributed by atoms with Crippen molar-refractivity contribution in [3.05, 3.63) is 64.3 Å². The van der Waals surface area contributed by atoms with E-state index >= 15 is 0 Å². The largest absolute Gasteiger partial charge is 0.489 e. The lowest BCUT2D eigenvalue weighted by Crippen LogP contribution is -2.21. The molecule has 0 radical (unpaired) electrons. The van der Waals surface area contributed by atoms with Gasteiger partial charge in [-0.2, -0.15) is 0 Å². The van der Waals surface area contributed by atoms with Crippen molar-refractivity contribution in [2.75, 3.05) is 6.61 Å². The molecule has 6 nitrogen and oxygen atoms in total. The molecule has 0 atom stereocenters. The number of hydrogen-bond acceptors (Lipinski definition) is 5. The van der Waals surface area contributed by atoms with Gasteiger partial charge in [-0.3, -0.25) is 4.79 Å². The van der Waals surface area contributed by atoms with Gasteiger partial charge in [0.25, 0.3) is 0 Å². The molecule has 0 N–H and O–H groups in total. The van der Waals surface area contributed by atoms with Crippen LogP contribution in [0.5, 0.6) is 5.75 Å². The van der Waals surface area contributed by atoms with E-state index in [-0.39, 0.29) is 19.0 Å². The zero-order valence-electron chi connectivity index (χ0n) is 17.1. The summed E-state index contributed by atoms with van der Waals surface area (Å²) in [6.07, 6.45) is 1.70. The third-order valence-corrected chi connectivity index (χ3v) is 7.37. The van der Waals surface area contributed by atoms with Crippen LogP contribution in [0.4, 0.5) is 0 Å². The van der Waals surface area contributed by atoms with E-state index in [0.717, 1.165) is 21.0 Å². The Hall–Kier alpha value is -2.32. The minimum atomic E-state index is -3.48. The highest BCUT2D eigenvalue weighted by Gasteiger charge is 2.21. The van der Waals surface area contributed by atoms with Gasteiger partial charge in [-0.15, -0.1) is 0 Å². The van der Waals surface area contributed by atoms with E-state index in [9.17, 15) is 13.2 Å². The first-order valence-electron chi connectivity index (χ1n) is 9.64. The molecule has 8 heteroatoms. The first-order valence-corrected chi connectivity index (χ1v) is 11.9. The van der Waals surface area contributed by atoms with Crippen molar-refractivity contribution in [3.8, 4) is 5.75 Å². The lowest BCUT2D eigenvalue weighted by molar-refractivity contribution is -0.142. The fourth-order valence-corrected chi connectivity index (χ4v) is 4.82. The molecular weight excluding hydrogens is 470 g/mol. The number of nitrogens with zero attached hydrogens (tertiary/aromatic N) is 1. The minimum Gasteiger partial charge on any atom is -0.489 e. The molecule has 0 bridgehead atoms. The highest BCUT2D eigenvalue weighted by atomic mass is 79.9. The summed E-state index contributed by atoms with van der Waals surface area (Å²) in [5.41, 5.74) is 2.14. The van der Waals surface area contributed by atoms with Crippen molar-refractivity contribution in [1.82, 2.24) is 3.97 Å². The number of para-hydroxylation sites is 1. The van der Waals surface area contributed by atoms with Crippen molar-refractivity contribution in [3.63, 3.8) is 0 Å². The predicted octanol–water partition coefficient (Wildman–Crippen LogP) is 4.67. The number of carbonyl (C=O) groups is 1. The molecule has 160 valence electrons. The van der Waals surface area contributed by atoms with Crippen LogP contribution >= 0.6 is 15.9 Å². The van der Waals surface area contributed by atoms with Gasteiger partial charge in [-0.1, -0.05) is 34.1 Å². The number of fused-ring (bicyclic) bond motifs is 1. The summed E-state index contributed by atoms with van der Waals surface area (Å²) >= 11 is 3.53. The number of benzene rings is 2. The van der Waals surface area contributed by atoms with E-state index < -0.39 is 15.3 Å². The summed E-state index contributed by atoms with van der Waals surface area (Å²) in [6, 6.07) is 12.8. The predicted molar refractivity (Wildman–Crippen MR) is 120 cm³/mol. The molecule has 1 aromatic heterocycles. The third kappa shape index (κ3) is 4.70. The van der Waals surface area contributed by atoms with E-state index in [1.54, 1.807) is 39.1 Å². The number of rotatable bonds is 8. The summed E-state index contributed by atoms with van der Waals surface area (Å²) in [4.78, 5) is 11.8. The first-order chi connectivity index (χ1) is 14.2. The number of aromatic nitrogens is 1. The van der Waals surface area contributed by atoms with Crippen molar-refractivity contribution < 1.29 is 22.7 Å². The highest BCUT2D eigenvalue weighted by molar-refractivity contribution is 9.10. The van der Waals surface area contributed by atoms with Crippen LogP contribution in [-0.2, 0) is 32.6 Å². The summed E-state index contributed by atoms with van der Waals surface area (Å²) in [7, 11) is -3.48. The number of esters is 1. The highest BCUT2D eigenvalue weighted by Crippen LogP contribution is 2.30. The molecule has 0 aliphatic heterocycles. The van der Waals surface area contributed by atoms with Crippen molar-refractivity contribution in [1.29, 1.82) is 0 Å². The van der Waals surface area contributed by atoms with Crippen molar-refractivity contribution >= 4 is 42.8 Å². The Balaban J connectivity index is 1.88. The first kappa shape index (κ1) is 22.4. The third-order valence-electron chi connectivity index (χ3n) is 4.66. The van der Waals surface area contributed by atoms with E-state index in [2.05, 4.69) is 15.9 Å². The Morgan fingerprint density at radius 2 is 1.90 bits per heavy atom. The van der Waals surface area contributed by atoms with E-state index in [1.165, 1.54) is 3.97 Å². The maximum atomic E-state index is 12.7. The Bertz CT molecular complexity index is 1170. The molecule has 2 aromatic carbocycles. The molecule has 0 spiro atoms. The fourth-order valence-electron chi connectivity index (χ4n) is 3.08. The molecule has 30 heavy (non-hydrogen) atoms. The summed E-state index contributed by atoms with van der Waals surface area (Å²) in [6.45, 7) is 5.63. The quantitative estimate of drug-likeness (QED) is 0.426. The monoisotopic (exact) mass is 493 g/mol. The molecule has 0 saturated carbocycles. The van der Waals surface area contributed by atoms with Crippen LogP contribution in [0.3, 0.4) is 0 Å². The Labute approximate surface area is 185 Å². The fraction of sp³-hybridized carbons (Fsp3) is 0.318. The van der Waals surface area contributed by atoms with Crippen molar-refractivity contribution in [2.24, 2.45) is 0 Å². The van der Waals surface area contributed by atoms with Gasteiger partial charge in [0.1, 0.15) is 12.4 Å². The Morgan fingerprint density at radius 1 is 1.17 bits per heavy atom. The zero-order valence-corrected chi connectivity index (χ0v) is 19.5. The molecule has 0 amide bonds. The minimum absolute atomic E-state index is 0.127. The number of ether oxygens (including phenoxy) is 2. The van der Waals surface area contributed by atoms with Crippen LogP contribution in [0.15, 0.2) is 53.1 Å². The average molecular weight is 494 g/mol. The van der Waals surface area contributed by atoms with Crippen molar-refractivity contribution in [2.45, 2.75) is 39.0 Å². The molecule has 1 heterocycles. The second kappa shape index (κ2) is 9.22. The van der Waals surface area contributed by atoms with E-state index in [1.807, 2.05) is 30.3 Å². The van der Waals surface area contributed by atoms with Gasteiger partial charge < -0.3 is 9.47 Å². The number of carbonyl (C=O) groups excluding carboxylic acids is 1. The summed E-state index contributed by atoms with van der Waals surface area (Å²) < 4.78 is 38.5. The average Bonchev–Trinajstić information content (AvgIpc) is 3.12. The Morgan fingerprint density at radius 3 is 2.60 bits per heavy atom. The van der Waals surface area contributed by atoms with Gasteiger partial charge in [0, 0.05) is 21.6 Å².